The van der Waals surface area contributed by atoms with Crippen LogP contribution < -0.4 is 0 Å². The normalized spacial score (nSPS) is 12.8. The molecule has 0 heterocycles. The van der Waals surface area contributed by atoms with Crippen molar-refractivity contribution in [3.8, 4) is 0 Å². The number of ketones is 1. The van der Waals surface area contributed by atoms with Crippen molar-refractivity contribution < 1.29 is 4.79 Å². The number of thiocarbonyl (C=S) groups is 1. The lowest BCUT2D eigenvalue weighted by atomic mass is 9.82. The topological polar surface area (TPSA) is 17.1 Å². The molecule has 0 aromatic carbocycles. The van der Waals surface area contributed by atoms with Gasteiger partial charge in [0.2, 0.25) is 0 Å². The Balaban J connectivity index is 4.34. The van der Waals surface area contributed by atoms with E-state index in [1.165, 1.54) is 0 Å². The molecule has 1 nitrogen and oxygen atoms in total. The zero-order chi connectivity index (χ0) is 10.9. The molecule has 0 spiro atoms. The molecule has 0 saturated heterocycles. The molecule has 0 aliphatic heterocycles. The highest BCUT2D eigenvalue weighted by Crippen LogP contribution is 2.23. The van der Waals surface area contributed by atoms with Crippen LogP contribution in [-0.4, -0.2) is 10.6 Å². The van der Waals surface area contributed by atoms with E-state index in [2.05, 4.69) is 0 Å². The Morgan fingerprint density at radius 3 is 1.62 bits per heavy atom. The third kappa shape index (κ3) is 4.51. The third-order valence-corrected chi connectivity index (χ3v) is 2.75. The van der Waals surface area contributed by atoms with E-state index >= 15 is 0 Å². The van der Waals surface area contributed by atoms with Crippen molar-refractivity contribution in [2.24, 2.45) is 10.8 Å². The van der Waals surface area contributed by atoms with Gasteiger partial charge in [0.05, 0.1) is 0 Å². The SMILES string of the molecule is CC(C)(C)C(=O)CC(=S)C(C)(C)C. The molecule has 2 heteroatoms. The van der Waals surface area contributed by atoms with Crippen LogP contribution in [0.1, 0.15) is 48.0 Å². The third-order valence-electron chi connectivity index (χ3n) is 1.99. The standard InChI is InChI=1S/C11H20OS/c1-10(2,3)8(12)7-9(13)11(4,5)6/h7H2,1-6H3. The minimum atomic E-state index is -0.269. The van der Waals surface area contributed by atoms with Gasteiger partial charge in [-0.05, 0) is 5.41 Å². The fourth-order valence-corrected chi connectivity index (χ4v) is 0.807. The fourth-order valence-electron chi connectivity index (χ4n) is 0.676. The molecule has 0 aromatic heterocycles. The lowest BCUT2D eigenvalue weighted by Crippen LogP contribution is -2.27. The van der Waals surface area contributed by atoms with Crippen LogP contribution in [-0.2, 0) is 4.79 Å². The summed E-state index contributed by atoms with van der Waals surface area (Å²) < 4.78 is 0. The van der Waals surface area contributed by atoms with Gasteiger partial charge in [-0.15, -0.1) is 0 Å². The molecule has 0 saturated carbocycles. The molecule has 0 aliphatic rings. The Kier molecular flexibility index (Phi) is 3.80. The highest BCUT2D eigenvalue weighted by Gasteiger charge is 2.26. The van der Waals surface area contributed by atoms with Crippen LogP contribution in [0.25, 0.3) is 0 Å². The molecule has 0 fully saturated rings. The van der Waals surface area contributed by atoms with Crippen molar-refractivity contribution in [3.63, 3.8) is 0 Å². The molecule has 0 aromatic rings. The molecule has 0 atom stereocenters. The summed E-state index contributed by atoms with van der Waals surface area (Å²) in [5.41, 5.74) is -0.300. The van der Waals surface area contributed by atoms with Gasteiger partial charge in [0.1, 0.15) is 5.78 Å². The Morgan fingerprint density at radius 1 is 1.00 bits per heavy atom. The average Bonchev–Trinajstić information content (AvgIpc) is 1.82. The molecule has 13 heavy (non-hydrogen) atoms. The van der Waals surface area contributed by atoms with Crippen LogP contribution in [0.3, 0.4) is 0 Å². The predicted octanol–water partition coefficient (Wildman–Crippen LogP) is 3.41. The second-order valence-electron chi connectivity index (χ2n) is 5.52. The van der Waals surface area contributed by atoms with E-state index in [9.17, 15) is 4.79 Å². The fraction of sp³-hybridized carbons (Fsp3) is 0.818. The van der Waals surface area contributed by atoms with Gasteiger partial charge in [-0.1, -0.05) is 53.8 Å². The molecule has 0 aliphatic carbocycles. The van der Waals surface area contributed by atoms with E-state index in [-0.39, 0.29) is 16.6 Å². The summed E-state index contributed by atoms with van der Waals surface area (Å²) in [5, 5.41) is 0. The monoisotopic (exact) mass is 200 g/mol. The lowest BCUT2D eigenvalue weighted by molar-refractivity contribution is -0.125. The van der Waals surface area contributed by atoms with Crippen molar-refractivity contribution >= 4 is 22.9 Å². The number of hydrogen-bond donors (Lipinski definition) is 0. The summed E-state index contributed by atoms with van der Waals surface area (Å²) >= 11 is 5.22. The van der Waals surface area contributed by atoms with Crippen LogP contribution in [0, 0.1) is 10.8 Å². The highest BCUT2D eigenvalue weighted by molar-refractivity contribution is 7.80. The van der Waals surface area contributed by atoms with Crippen LogP contribution >= 0.6 is 12.2 Å². The smallest absolute Gasteiger partial charge is 0.143 e. The minimum absolute atomic E-state index is 0.0315. The summed E-state index contributed by atoms with van der Waals surface area (Å²) in [7, 11) is 0. The van der Waals surface area contributed by atoms with E-state index in [4.69, 9.17) is 12.2 Å². The van der Waals surface area contributed by atoms with E-state index in [1.54, 1.807) is 0 Å². The first-order valence-corrected chi connectivity index (χ1v) is 5.02. The average molecular weight is 200 g/mol. The molecule has 0 rings (SSSR count). The maximum absolute atomic E-state index is 11.6. The summed E-state index contributed by atoms with van der Waals surface area (Å²) in [4.78, 5) is 12.5. The van der Waals surface area contributed by atoms with Crippen molar-refractivity contribution in [1.29, 1.82) is 0 Å². The molecule has 0 radical (unpaired) electrons. The number of rotatable bonds is 2. The molecule has 0 N–H and O–H groups in total. The summed E-state index contributed by atoms with van der Waals surface area (Å²) in [6.45, 7) is 11.9. The van der Waals surface area contributed by atoms with Gasteiger partial charge in [-0.3, -0.25) is 4.79 Å². The van der Waals surface area contributed by atoms with Gasteiger partial charge in [-0.2, -0.15) is 0 Å². The first-order chi connectivity index (χ1) is 5.55. The summed E-state index contributed by atoms with van der Waals surface area (Å²) in [6, 6.07) is 0. The van der Waals surface area contributed by atoms with Gasteiger partial charge in [0.25, 0.3) is 0 Å². The van der Waals surface area contributed by atoms with Crippen molar-refractivity contribution in [2.45, 2.75) is 48.0 Å². The number of carbonyl (C=O) groups excluding carboxylic acids is 1. The Bertz CT molecular complexity index is 191. The quantitative estimate of drug-likeness (QED) is 0.635. The molecular weight excluding hydrogens is 180 g/mol. The van der Waals surface area contributed by atoms with Crippen molar-refractivity contribution in [2.75, 3.05) is 0 Å². The van der Waals surface area contributed by atoms with Gasteiger partial charge < -0.3 is 0 Å². The molecule has 76 valence electrons. The Labute approximate surface area is 86.9 Å². The molecule has 0 amide bonds. The predicted molar refractivity (Wildman–Crippen MR) is 61.1 cm³/mol. The Morgan fingerprint density at radius 2 is 1.38 bits per heavy atom. The van der Waals surface area contributed by atoms with Crippen LogP contribution in [0.4, 0.5) is 0 Å². The molecule has 0 unspecified atom stereocenters. The molecular formula is C11H20OS. The van der Waals surface area contributed by atoms with E-state index in [0.29, 0.717) is 6.42 Å². The van der Waals surface area contributed by atoms with Crippen LogP contribution in [0.2, 0.25) is 0 Å². The lowest BCUT2D eigenvalue weighted by Gasteiger charge is -2.23. The van der Waals surface area contributed by atoms with E-state index in [1.807, 2.05) is 41.5 Å². The van der Waals surface area contributed by atoms with Gasteiger partial charge in [-0.25, -0.2) is 0 Å². The van der Waals surface area contributed by atoms with Crippen molar-refractivity contribution in [3.05, 3.63) is 0 Å². The zero-order valence-electron chi connectivity index (χ0n) is 9.52. The first-order valence-electron chi connectivity index (χ1n) is 4.62. The Hall–Kier alpha value is -0.240. The zero-order valence-corrected chi connectivity index (χ0v) is 10.3. The number of Topliss-reactive ketones (excluding diaryl/α,β-unsaturated/α-hetero) is 1. The second-order valence-corrected chi connectivity index (χ2v) is 6.02. The van der Waals surface area contributed by atoms with E-state index < -0.39 is 0 Å². The summed E-state index contributed by atoms with van der Waals surface area (Å²) in [6.07, 6.45) is 0.433. The minimum Gasteiger partial charge on any atom is -0.299 e. The molecule has 0 bridgehead atoms. The number of carbonyl (C=O) groups is 1. The van der Waals surface area contributed by atoms with Gasteiger partial charge >= 0.3 is 0 Å². The second kappa shape index (κ2) is 3.87. The number of hydrogen-bond acceptors (Lipinski definition) is 2. The van der Waals surface area contributed by atoms with Crippen LogP contribution in [0.5, 0.6) is 0 Å². The van der Waals surface area contributed by atoms with Crippen molar-refractivity contribution in [1.82, 2.24) is 0 Å². The highest BCUT2D eigenvalue weighted by atomic mass is 32.1. The van der Waals surface area contributed by atoms with Gasteiger partial charge in [0, 0.05) is 16.7 Å². The maximum atomic E-state index is 11.6. The first kappa shape index (κ1) is 12.8. The van der Waals surface area contributed by atoms with E-state index in [0.717, 1.165) is 4.86 Å². The van der Waals surface area contributed by atoms with Crippen LogP contribution in [0.15, 0.2) is 0 Å². The summed E-state index contributed by atoms with van der Waals surface area (Å²) in [5.74, 6) is 0.229. The van der Waals surface area contributed by atoms with Gasteiger partial charge in [0.15, 0.2) is 0 Å². The maximum Gasteiger partial charge on any atom is 0.143 e. The largest absolute Gasteiger partial charge is 0.299 e.